The molecule has 5 nitrogen and oxygen atoms in total. The SMILES string of the molecule is CC(C)CNS(=O)(=O)c1cc2c(c3cnc(Cl)cc13)CCC2O. The van der Waals surface area contributed by atoms with Crippen molar-refractivity contribution in [3.63, 3.8) is 0 Å². The highest BCUT2D eigenvalue weighted by Crippen LogP contribution is 2.39. The summed E-state index contributed by atoms with van der Waals surface area (Å²) in [5.74, 6) is 0.196. The van der Waals surface area contributed by atoms with Crippen LogP contribution in [0.4, 0.5) is 0 Å². The van der Waals surface area contributed by atoms with Gasteiger partial charge in [-0.1, -0.05) is 25.4 Å². The fourth-order valence-corrected chi connectivity index (χ4v) is 4.53. The second kappa shape index (κ2) is 6.02. The molecule has 1 aromatic carbocycles. The molecule has 3 rings (SSSR count). The van der Waals surface area contributed by atoms with E-state index in [1.807, 2.05) is 13.8 Å². The number of pyridine rings is 1. The second-order valence-corrected chi connectivity index (χ2v) is 8.42. The summed E-state index contributed by atoms with van der Waals surface area (Å²) < 4.78 is 28.0. The van der Waals surface area contributed by atoms with Gasteiger partial charge in [0, 0.05) is 23.5 Å². The number of nitrogens with one attached hydrogen (secondary N) is 1. The first-order valence-corrected chi connectivity index (χ1v) is 9.44. The van der Waals surface area contributed by atoms with E-state index in [9.17, 15) is 13.5 Å². The molecule has 0 bridgehead atoms. The van der Waals surface area contributed by atoms with Crippen molar-refractivity contribution in [2.75, 3.05) is 6.54 Å². The first-order chi connectivity index (χ1) is 10.8. The highest BCUT2D eigenvalue weighted by Gasteiger charge is 2.28. The first-order valence-electron chi connectivity index (χ1n) is 7.58. The van der Waals surface area contributed by atoms with E-state index in [1.165, 1.54) is 0 Å². The Hall–Kier alpha value is -1.21. The van der Waals surface area contributed by atoms with Gasteiger partial charge in [0.2, 0.25) is 10.0 Å². The van der Waals surface area contributed by atoms with Crippen LogP contribution in [0.25, 0.3) is 10.8 Å². The number of nitrogens with zero attached hydrogens (tertiary/aromatic N) is 1. The van der Waals surface area contributed by atoms with E-state index < -0.39 is 16.1 Å². The van der Waals surface area contributed by atoms with Crippen LogP contribution in [0.1, 0.15) is 37.5 Å². The fourth-order valence-electron chi connectivity index (χ4n) is 2.93. The van der Waals surface area contributed by atoms with Crippen LogP contribution in [0.3, 0.4) is 0 Å². The maximum absolute atomic E-state index is 12.7. The van der Waals surface area contributed by atoms with Gasteiger partial charge in [0.05, 0.1) is 11.0 Å². The molecule has 0 spiro atoms. The predicted molar refractivity (Wildman–Crippen MR) is 90.1 cm³/mol. The number of hydrogen-bond acceptors (Lipinski definition) is 4. The summed E-state index contributed by atoms with van der Waals surface area (Å²) in [6, 6.07) is 3.15. The summed E-state index contributed by atoms with van der Waals surface area (Å²) >= 11 is 5.97. The average molecular weight is 355 g/mol. The van der Waals surface area contributed by atoms with Crippen molar-refractivity contribution < 1.29 is 13.5 Å². The van der Waals surface area contributed by atoms with E-state index in [2.05, 4.69) is 9.71 Å². The number of rotatable bonds is 4. The van der Waals surface area contributed by atoms with E-state index in [0.29, 0.717) is 30.3 Å². The van der Waals surface area contributed by atoms with Crippen molar-refractivity contribution in [1.29, 1.82) is 0 Å². The molecule has 2 aromatic rings. The fraction of sp³-hybridized carbons (Fsp3) is 0.438. The summed E-state index contributed by atoms with van der Waals surface area (Å²) in [6.07, 6.45) is 2.26. The lowest BCUT2D eigenvalue weighted by atomic mass is 10.0. The zero-order valence-corrected chi connectivity index (χ0v) is 14.6. The largest absolute Gasteiger partial charge is 0.388 e. The Morgan fingerprint density at radius 1 is 1.39 bits per heavy atom. The quantitative estimate of drug-likeness (QED) is 0.827. The molecule has 124 valence electrons. The normalized spacial score (nSPS) is 17.9. The first kappa shape index (κ1) is 16.6. The molecule has 1 aliphatic carbocycles. The van der Waals surface area contributed by atoms with Gasteiger partial charge in [0.1, 0.15) is 5.15 Å². The molecule has 1 aromatic heterocycles. The van der Waals surface area contributed by atoms with Gasteiger partial charge < -0.3 is 5.11 Å². The molecule has 0 fully saturated rings. The zero-order valence-electron chi connectivity index (χ0n) is 13.0. The number of fused-ring (bicyclic) bond motifs is 3. The lowest BCUT2D eigenvalue weighted by Gasteiger charge is -2.15. The molecular formula is C16H19ClN2O3S. The molecule has 1 atom stereocenters. The van der Waals surface area contributed by atoms with Crippen molar-refractivity contribution in [2.45, 2.75) is 37.7 Å². The lowest BCUT2D eigenvalue weighted by Crippen LogP contribution is -2.28. The smallest absolute Gasteiger partial charge is 0.241 e. The van der Waals surface area contributed by atoms with Gasteiger partial charge in [-0.25, -0.2) is 18.1 Å². The number of aliphatic hydroxyl groups is 1. The van der Waals surface area contributed by atoms with Crippen molar-refractivity contribution >= 4 is 32.4 Å². The number of aryl methyl sites for hydroxylation is 1. The van der Waals surface area contributed by atoms with Gasteiger partial charge in [-0.2, -0.15) is 0 Å². The average Bonchev–Trinajstić information content (AvgIpc) is 2.85. The monoisotopic (exact) mass is 354 g/mol. The summed E-state index contributed by atoms with van der Waals surface area (Å²) in [7, 11) is -3.69. The van der Waals surface area contributed by atoms with Gasteiger partial charge in [-0.15, -0.1) is 0 Å². The molecule has 23 heavy (non-hydrogen) atoms. The molecule has 2 N–H and O–H groups in total. The Kier molecular flexibility index (Phi) is 4.35. The van der Waals surface area contributed by atoms with Crippen LogP contribution in [0.15, 0.2) is 23.2 Å². The maximum Gasteiger partial charge on any atom is 0.241 e. The third kappa shape index (κ3) is 3.08. The molecule has 1 aliphatic rings. The highest BCUT2D eigenvalue weighted by atomic mass is 35.5. The van der Waals surface area contributed by atoms with Crippen LogP contribution in [-0.2, 0) is 16.4 Å². The summed E-state index contributed by atoms with van der Waals surface area (Å²) in [5, 5.41) is 11.7. The van der Waals surface area contributed by atoms with E-state index >= 15 is 0 Å². The van der Waals surface area contributed by atoms with Gasteiger partial charge in [-0.05, 0) is 42.0 Å². The minimum Gasteiger partial charge on any atom is -0.388 e. The van der Waals surface area contributed by atoms with Gasteiger partial charge in [-0.3, -0.25) is 0 Å². The molecule has 0 radical (unpaired) electrons. The summed E-state index contributed by atoms with van der Waals surface area (Å²) in [6.45, 7) is 4.23. The Morgan fingerprint density at radius 2 is 2.13 bits per heavy atom. The van der Waals surface area contributed by atoms with Crippen LogP contribution >= 0.6 is 11.6 Å². The number of benzene rings is 1. The Labute approximate surface area is 140 Å². The van der Waals surface area contributed by atoms with Gasteiger partial charge in [0.15, 0.2) is 0 Å². The zero-order chi connectivity index (χ0) is 16.8. The van der Waals surface area contributed by atoms with Crippen LogP contribution in [-0.4, -0.2) is 25.1 Å². The van der Waals surface area contributed by atoms with E-state index in [1.54, 1.807) is 18.3 Å². The topological polar surface area (TPSA) is 79.3 Å². The molecule has 1 unspecified atom stereocenters. The minimum atomic E-state index is -3.69. The van der Waals surface area contributed by atoms with Crippen molar-refractivity contribution in [3.05, 3.63) is 34.6 Å². The van der Waals surface area contributed by atoms with Crippen LogP contribution in [0, 0.1) is 5.92 Å². The van der Waals surface area contributed by atoms with E-state index in [4.69, 9.17) is 11.6 Å². The third-order valence-corrected chi connectivity index (χ3v) is 5.76. The highest BCUT2D eigenvalue weighted by molar-refractivity contribution is 7.89. The number of aromatic nitrogens is 1. The third-order valence-electron chi connectivity index (χ3n) is 4.09. The van der Waals surface area contributed by atoms with Crippen LogP contribution in [0.5, 0.6) is 0 Å². The van der Waals surface area contributed by atoms with Crippen molar-refractivity contribution in [2.24, 2.45) is 5.92 Å². The Balaban J connectivity index is 2.24. The predicted octanol–water partition coefficient (Wildman–Crippen LogP) is 2.80. The van der Waals surface area contributed by atoms with E-state index in [0.717, 1.165) is 10.9 Å². The minimum absolute atomic E-state index is 0.150. The summed E-state index contributed by atoms with van der Waals surface area (Å²) in [4.78, 5) is 4.23. The van der Waals surface area contributed by atoms with Crippen molar-refractivity contribution in [1.82, 2.24) is 9.71 Å². The molecule has 0 aliphatic heterocycles. The molecule has 0 amide bonds. The molecule has 7 heteroatoms. The maximum atomic E-state index is 12.7. The summed E-state index contributed by atoms with van der Waals surface area (Å²) in [5.41, 5.74) is 1.63. The van der Waals surface area contributed by atoms with Gasteiger partial charge in [0.25, 0.3) is 0 Å². The molecular weight excluding hydrogens is 336 g/mol. The molecule has 1 heterocycles. The number of halogens is 1. The number of aliphatic hydroxyl groups excluding tert-OH is 1. The standard InChI is InChI=1S/C16H19ClN2O3S/c1-9(2)7-19-23(21,22)15-5-11-10(3-4-14(11)20)13-8-18-16(17)6-12(13)15/h5-6,8-9,14,19-20H,3-4,7H2,1-2H3. The van der Waals surface area contributed by atoms with Crippen LogP contribution < -0.4 is 4.72 Å². The molecule has 0 saturated heterocycles. The van der Waals surface area contributed by atoms with Gasteiger partial charge >= 0.3 is 0 Å². The number of sulfonamides is 1. The van der Waals surface area contributed by atoms with Crippen molar-refractivity contribution in [3.8, 4) is 0 Å². The van der Waals surface area contributed by atoms with E-state index in [-0.39, 0.29) is 16.0 Å². The Bertz CT molecular complexity index is 865. The number of hydrogen-bond donors (Lipinski definition) is 2. The molecule has 0 saturated carbocycles. The second-order valence-electron chi connectivity index (χ2n) is 6.30. The Morgan fingerprint density at radius 3 is 2.83 bits per heavy atom. The van der Waals surface area contributed by atoms with Crippen LogP contribution in [0.2, 0.25) is 5.15 Å². The lowest BCUT2D eigenvalue weighted by molar-refractivity contribution is 0.180.